The van der Waals surface area contributed by atoms with E-state index in [-0.39, 0.29) is 17.8 Å². The summed E-state index contributed by atoms with van der Waals surface area (Å²) in [6, 6.07) is -0.419. The second kappa shape index (κ2) is 2.83. The number of ether oxygens (including phenoxy) is 2. The molecule has 1 heterocycles. The van der Waals surface area contributed by atoms with Crippen LogP contribution in [0.15, 0.2) is 0 Å². The Morgan fingerprint density at radius 1 is 2.00 bits per heavy atom. The average Bonchev–Trinajstić information content (AvgIpc) is 2.34. The first kappa shape index (κ1) is 7.27. The van der Waals surface area contributed by atoms with Gasteiger partial charge >= 0.3 is 5.97 Å². The molecule has 1 N–H and O–H groups in total. The highest BCUT2D eigenvalue weighted by Gasteiger charge is 2.26. The molecule has 1 atom stereocenters. The fraction of sp³-hybridized carbons (Fsp3) is 0.600. The number of thiocarbonyl (C=S) groups is 1. The van der Waals surface area contributed by atoms with E-state index in [9.17, 15) is 4.79 Å². The molecule has 1 aliphatic rings. The standard InChI is InChI=1S/C5H7NO3S/c1-8-4(7)3-2-9-5(10)6-3/h3H,2H2,1H3,(H,6,10)/t3-/m1/s1. The number of esters is 1. The van der Waals surface area contributed by atoms with Gasteiger partial charge in [0.1, 0.15) is 6.61 Å². The van der Waals surface area contributed by atoms with Crippen molar-refractivity contribution in [1.29, 1.82) is 0 Å². The third-order valence-corrected chi connectivity index (χ3v) is 1.39. The SMILES string of the molecule is COC(=O)[C@H]1COC(=S)N1. The summed E-state index contributed by atoms with van der Waals surface area (Å²) in [4.78, 5) is 10.7. The predicted molar refractivity (Wildman–Crippen MR) is 37.5 cm³/mol. The molecule has 10 heavy (non-hydrogen) atoms. The lowest BCUT2D eigenvalue weighted by Gasteiger charge is -2.02. The smallest absolute Gasteiger partial charge is 0.331 e. The topological polar surface area (TPSA) is 47.6 Å². The van der Waals surface area contributed by atoms with E-state index in [0.717, 1.165) is 0 Å². The molecule has 0 bridgehead atoms. The van der Waals surface area contributed by atoms with Gasteiger partial charge in [-0.2, -0.15) is 0 Å². The maximum atomic E-state index is 10.7. The molecule has 0 spiro atoms. The molecule has 1 aliphatic heterocycles. The van der Waals surface area contributed by atoms with E-state index < -0.39 is 6.04 Å². The summed E-state index contributed by atoms with van der Waals surface area (Å²) in [5.41, 5.74) is 0. The van der Waals surface area contributed by atoms with Gasteiger partial charge in [0, 0.05) is 0 Å². The number of nitrogens with one attached hydrogen (secondary N) is 1. The molecule has 0 unspecified atom stereocenters. The summed E-state index contributed by atoms with van der Waals surface area (Å²) >= 11 is 4.62. The van der Waals surface area contributed by atoms with Gasteiger partial charge in [-0.1, -0.05) is 0 Å². The predicted octanol–water partition coefficient (Wildman–Crippen LogP) is -0.567. The van der Waals surface area contributed by atoms with Gasteiger partial charge < -0.3 is 14.8 Å². The first-order chi connectivity index (χ1) is 4.74. The lowest BCUT2D eigenvalue weighted by Crippen LogP contribution is -2.35. The summed E-state index contributed by atoms with van der Waals surface area (Å²) in [7, 11) is 1.32. The van der Waals surface area contributed by atoms with Crippen LogP contribution in [-0.4, -0.2) is 30.9 Å². The summed E-state index contributed by atoms with van der Waals surface area (Å²) in [6.07, 6.45) is 0. The Labute approximate surface area is 63.5 Å². The van der Waals surface area contributed by atoms with E-state index >= 15 is 0 Å². The van der Waals surface area contributed by atoms with Crippen molar-refractivity contribution in [1.82, 2.24) is 5.32 Å². The second-order valence-corrected chi connectivity index (χ2v) is 2.19. The van der Waals surface area contributed by atoms with Gasteiger partial charge in [-0.25, -0.2) is 4.79 Å². The van der Waals surface area contributed by atoms with E-state index in [4.69, 9.17) is 4.74 Å². The number of carbonyl (C=O) groups excluding carboxylic acids is 1. The number of methoxy groups -OCH3 is 1. The zero-order valence-corrected chi connectivity index (χ0v) is 6.23. The third kappa shape index (κ3) is 1.36. The van der Waals surface area contributed by atoms with Crippen LogP contribution in [0.2, 0.25) is 0 Å². The monoisotopic (exact) mass is 161 g/mol. The third-order valence-electron chi connectivity index (χ3n) is 1.16. The van der Waals surface area contributed by atoms with Crippen molar-refractivity contribution in [3.8, 4) is 0 Å². The van der Waals surface area contributed by atoms with Crippen LogP contribution in [0.3, 0.4) is 0 Å². The first-order valence-corrected chi connectivity index (χ1v) is 3.16. The van der Waals surface area contributed by atoms with Crippen LogP contribution in [0.25, 0.3) is 0 Å². The van der Waals surface area contributed by atoms with Gasteiger partial charge in [-0.05, 0) is 12.2 Å². The summed E-state index contributed by atoms with van der Waals surface area (Å²) < 4.78 is 9.25. The van der Waals surface area contributed by atoms with Crippen molar-refractivity contribution in [3.05, 3.63) is 0 Å². The quantitative estimate of drug-likeness (QED) is 0.412. The Morgan fingerprint density at radius 2 is 2.70 bits per heavy atom. The number of rotatable bonds is 1. The lowest BCUT2D eigenvalue weighted by molar-refractivity contribution is -0.142. The fourth-order valence-electron chi connectivity index (χ4n) is 0.654. The van der Waals surface area contributed by atoms with Crippen molar-refractivity contribution < 1.29 is 14.3 Å². The Balaban J connectivity index is 2.44. The van der Waals surface area contributed by atoms with Crippen molar-refractivity contribution in [2.75, 3.05) is 13.7 Å². The largest absolute Gasteiger partial charge is 0.468 e. The van der Waals surface area contributed by atoms with Gasteiger partial charge in [-0.15, -0.1) is 0 Å². The molecule has 0 saturated carbocycles. The van der Waals surface area contributed by atoms with E-state index in [1.165, 1.54) is 7.11 Å². The Bertz CT molecular complexity index is 170. The number of carbonyl (C=O) groups is 1. The van der Waals surface area contributed by atoms with Crippen LogP contribution < -0.4 is 5.32 Å². The summed E-state index contributed by atoms with van der Waals surface area (Å²) in [6.45, 7) is 0.269. The van der Waals surface area contributed by atoms with Gasteiger partial charge in [0.2, 0.25) is 0 Å². The van der Waals surface area contributed by atoms with E-state index in [2.05, 4.69) is 22.3 Å². The number of hydrogen-bond acceptors (Lipinski definition) is 4. The zero-order chi connectivity index (χ0) is 7.56. The molecule has 5 heteroatoms. The number of hydrogen-bond donors (Lipinski definition) is 1. The maximum Gasteiger partial charge on any atom is 0.331 e. The zero-order valence-electron chi connectivity index (χ0n) is 5.42. The average molecular weight is 161 g/mol. The van der Waals surface area contributed by atoms with E-state index in [0.29, 0.717) is 0 Å². The minimum absolute atomic E-state index is 0.260. The van der Waals surface area contributed by atoms with Gasteiger partial charge in [0.05, 0.1) is 7.11 Å². The van der Waals surface area contributed by atoms with Crippen LogP contribution >= 0.6 is 12.2 Å². The molecule has 0 aromatic heterocycles. The van der Waals surface area contributed by atoms with Crippen molar-refractivity contribution in [2.45, 2.75) is 6.04 Å². The van der Waals surface area contributed by atoms with Crippen molar-refractivity contribution in [2.24, 2.45) is 0 Å². The highest BCUT2D eigenvalue weighted by molar-refractivity contribution is 7.80. The van der Waals surface area contributed by atoms with Crippen LogP contribution in [0.4, 0.5) is 0 Å². The Hall–Kier alpha value is -0.840. The van der Waals surface area contributed by atoms with Crippen LogP contribution in [0, 0.1) is 0 Å². The van der Waals surface area contributed by atoms with Crippen LogP contribution in [0.5, 0.6) is 0 Å². The molecule has 1 fully saturated rings. The highest BCUT2D eigenvalue weighted by Crippen LogP contribution is 1.98. The normalized spacial score (nSPS) is 23.3. The van der Waals surface area contributed by atoms with Crippen molar-refractivity contribution >= 4 is 23.4 Å². The van der Waals surface area contributed by atoms with E-state index in [1.807, 2.05) is 0 Å². The maximum absolute atomic E-state index is 10.7. The molecule has 0 radical (unpaired) electrons. The molecule has 56 valence electrons. The molecule has 0 aromatic rings. The molecular weight excluding hydrogens is 154 g/mol. The molecule has 0 aromatic carbocycles. The summed E-state index contributed by atoms with van der Waals surface area (Å²) in [5.74, 6) is -0.347. The molecular formula is C5H7NO3S. The Kier molecular flexibility index (Phi) is 2.06. The van der Waals surface area contributed by atoms with E-state index in [1.54, 1.807) is 0 Å². The Morgan fingerprint density at radius 3 is 3.10 bits per heavy atom. The van der Waals surface area contributed by atoms with Crippen LogP contribution in [0.1, 0.15) is 0 Å². The molecule has 4 nitrogen and oxygen atoms in total. The van der Waals surface area contributed by atoms with Gasteiger partial charge in [0.25, 0.3) is 5.17 Å². The fourth-order valence-corrected chi connectivity index (χ4v) is 0.864. The second-order valence-electron chi connectivity index (χ2n) is 1.82. The minimum Gasteiger partial charge on any atom is -0.468 e. The minimum atomic E-state index is -0.419. The van der Waals surface area contributed by atoms with Crippen LogP contribution in [-0.2, 0) is 14.3 Å². The molecule has 1 saturated heterocycles. The molecule has 1 rings (SSSR count). The molecule has 0 amide bonds. The summed E-state index contributed by atoms with van der Waals surface area (Å²) in [5, 5.41) is 2.90. The van der Waals surface area contributed by atoms with Gasteiger partial charge in [-0.3, -0.25) is 0 Å². The van der Waals surface area contributed by atoms with Gasteiger partial charge in [0.15, 0.2) is 6.04 Å². The highest BCUT2D eigenvalue weighted by atomic mass is 32.1. The lowest BCUT2D eigenvalue weighted by atomic mass is 10.3. The first-order valence-electron chi connectivity index (χ1n) is 2.75. The molecule has 0 aliphatic carbocycles. The van der Waals surface area contributed by atoms with Crippen molar-refractivity contribution in [3.63, 3.8) is 0 Å².